The van der Waals surface area contributed by atoms with Crippen LogP contribution in [0.3, 0.4) is 0 Å². The van der Waals surface area contributed by atoms with Gasteiger partial charge in [0.2, 0.25) is 0 Å². The molecule has 0 N–H and O–H groups in total. The van der Waals surface area contributed by atoms with Crippen LogP contribution < -0.4 is 9.64 Å². The largest absolute Gasteiger partial charge is 0.497 e. The highest BCUT2D eigenvalue weighted by Gasteiger charge is 2.25. The van der Waals surface area contributed by atoms with Gasteiger partial charge in [0.05, 0.1) is 19.8 Å². The zero-order chi connectivity index (χ0) is 20.5. The van der Waals surface area contributed by atoms with E-state index in [2.05, 4.69) is 66.1 Å². The van der Waals surface area contributed by atoms with E-state index in [0.717, 1.165) is 32.1 Å². The lowest BCUT2D eigenvalue weighted by Gasteiger charge is -2.34. The zero-order valence-corrected chi connectivity index (χ0v) is 18.2. The van der Waals surface area contributed by atoms with E-state index in [1.807, 2.05) is 12.1 Å². The van der Waals surface area contributed by atoms with Gasteiger partial charge in [0.15, 0.2) is 0 Å². The van der Waals surface area contributed by atoms with E-state index in [9.17, 15) is 0 Å². The molecule has 0 amide bonds. The molecule has 4 heteroatoms. The molecular formula is C25H36N2O2. The first-order chi connectivity index (χ1) is 14.2. The summed E-state index contributed by atoms with van der Waals surface area (Å²) in [5.74, 6) is 1.46. The Labute approximate surface area is 176 Å². The van der Waals surface area contributed by atoms with E-state index < -0.39 is 0 Å². The Bertz CT molecular complexity index is 697. The molecular weight excluding hydrogens is 360 g/mol. The van der Waals surface area contributed by atoms with Gasteiger partial charge in [0, 0.05) is 25.4 Å². The van der Waals surface area contributed by atoms with Gasteiger partial charge in [0.25, 0.3) is 0 Å². The molecule has 2 aromatic rings. The van der Waals surface area contributed by atoms with Crippen LogP contribution in [0.2, 0.25) is 0 Å². The van der Waals surface area contributed by atoms with E-state index in [4.69, 9.17) is 9.47 Å². The molecule has 29 heavy (non-hydrogen) atoms. The van der Waals surface area contributed by atoms with Crippen LogP contribution in [0.15, 0.2) is 54.6 Å². The summed E-state index contributed by atoms with van der Waals surface area (Å²) in [5.41, 5.74) is 2.55. The molecule has 0 saturated carbocycles. The number of benzene rings is 2. The lowest BCUT2D eigenvalue weighted by Crippen LogP contribution is -2.45. The highest BCUT2D eigenvalue weighted by molar-refractivity contribution is 5.50. The molecule has 0 spiro atoms. The van der Waals surface area contributed by atoms with Gasteiger partial charge >= 0.3 is 0 Å². The Morgan fingerprint density at radius 1 is 0.931 bits per heavy atom. The van der Waals surface area contributed by atoms with Crippen molar-refractivity contribution < 1.29 is 9.47 Å². The van der Waals surface area contributed by atoms with Crippen LogP contribution in [0, 0.1) is 5.92 Å². The summed E-state index contributed by atoms with van der Waals surface area (Å²) < 4.78 is 11.5. The number of likely N-dealkylation sites (tertiary alicyclic amines) is 1. The molecule has 2 aromatic carbocycles. The predicted molar refractivity (Wildman–Crippen MR) is 121 cm³/mol. The van der Waals surface area contributed by atoms with Crippen molar-refractivity contribution in [1.29, 1.82) is 0 Å². The number of anilines is 1. The third-order valence-electron chi connectivity index (χ3n) is 5.50. The Morgan fingerprint density at radius 3 is 2.24 bits per heavy atom. The molecule has 4 nitrogen and oxygen atoms in total. The van der Waals surface area contributed by atoms with Crippen molar-refractivity contribution in [3.05, 3.63) is 60.2 Å². The summed E-state index contributed by atoms with van der Waals surface area (Å²) in [6.07, 6.45) is 2.59. The van der Waals surface area contributed by atoms with E-state index in [1.165, 1.54) is 37.2 Å². The van der Waals surface area contributed by atoms with Gasteiger partial charge in [0.1, 0.15) is 5.75 Å². The van der Waals surface area contributed by atoms with Gasteiger partial charge in [-0.05, 0) is 61.7 Å². The molecule has 3 rings (SSSR count). The number of methoxy groups -OCH3 is 1. The van der Waals surface area contributed by atoms with Crippen molar-refractivity contribution in [3.63, 3.8) is 0 Å². The average molecular weight is 397 g/mol. The molecule has 0 aliphatic carbocycles. The van der Waals surface area contributed by atoms with Crippen molar-refractivity contribution in [2.45, 2.75) is 39.3 Å². The number of ether oxygens (including phenoxy) is 2. The normalized spacial score (nSPS) is 15.6. The van der Waals surface area contributed by atoms with Gasteiger partial charge in [-0.2, -0.15) is 0 Å². The minimum atomic E-state index is 0.405. The molecule has 0 bridgehead atoms. The van der Waals surface area contributed by atoms with Crippen molar-refractivity contribution >= 4 is 5.69 Å². The van der Waals surface area contributed by atoms with Crippen LogP contribution in [0.4, 0.5) is 5.69 Å². The molecule has 1 aliphatic heterocycles. The van der Waals surface area contributed by atoms with Crippen molar-refractivity contribution in [2.75, 3.05) is 44.9 Å². The topological polar surface area (TPSA) is 24.9 Å². The molecule has 1 aliphatic rings. The second kappa shape index (κ2) is 11.2. The van der Waals surface area contributed by atoms with E-state index in [0.29, 0.717) is 12.0 Å². The van der Waals surface area contributed by atoms with Crippen LogP contribution in [0.1, 0.15) is 32.3 Å². The van der Waals surface area contributed by atoms with Gasteiger partial charge < -0.3 is 14.4 Å². The highest BCUT2D eigenvalue weighted by atomic mass is 16.5. The second-order valence-corrected chi connectivity index (χ2v) is 8.39. The summed E-state index contributed by atoms with van der Waals surface area (Å²) in [7, 11) is 1.71. The fourth-order valence-electron chi connectivity index (χ4n) is 3.93. The van der Waals surface area contributed by atoms with Crippen LogP contribution >= 0.6 is 0 Å². The number of hydrogen-bond acceptors (Lipinski definition) is 4. The predicted octanol–water partition coefficient (Wildman–Crippen LogP) is 4.84. The van der Waals surface area contributed by atoms with Crippen LogP contribution in [-0.2, 0) is 11.3 Å². The van der Waals surface area contributed by atoms with E-state index in [-0.39, 0.29) is 0 Å². The maximum Gasteiger partial charge on any atom is 0.119 e. The quantitative estimate of drug-likeness (QED) is 0.543. The summed E-state index contributed by atoms with van der Waals surface area (Å²) in [4.78, 5) is 5.10. The standard InChI is InChI=1S/C25H36N2O2/c1-21(2)19-29-20-24(26-15-7-8-16-26)18-27(17-22-9-5-4-6-10-22)23-11-13-25(28-3)14-12-23/h4-6,9-14,21,24H,7-8,15-20H2,1-3H3. The molecule has 1 unspecified atom stereocenters. The first-order valence-corrected chi connectivity index (χ1v) is 10.9. The average Bonchev–Trinajstić information content (AvgIpc) is 3.28. The summed E-state index contributed by atoms with van der Waals surface area (Å²) in [5, 5.41) is 0. The van der Waals surface area contributed by atoms with Crippen molar-refractivity contribution in [2.24, 2.45) is 5.92 Å². The van der Waals surface area contributed by atoms with Crippen molar-refractivity contribution in [3.8, 4) is 5.75 Å². The number of nitrogens with zero attached hydrogens (tertiary/aromatic N) is 2. The molecule has 1 fully saturated rings. The lowest BCUT2D eigenvalue weighted by molar-refractivity contribution is 0.0567. The number of rotatable bonds is 11. The van der Waals surface area contributed by atoms with Gasteiger partial charge in [-0.3, -0.25) is 4.90 Å². The Balaban J connectivity index is 1.77. The van der Waals surface area contributed by atoms with Crippen molar-refractivity contribution in [1.82, 2.24) is 4.90 Å². The zero-order valence-electron chi connectivity index (χ0n) is 18.2. The minimum absolute atomic E-state index is 0.405. The third-order valence-corrected chi connectivity index (χ3v) is 5.50. The Morgan fingerprint density at radius 2 is 1.62 bits per heavy atom. The second-order valence-electron chi connectivity index (χ2n) is 8.39. The smallest absolute Gasteiger partial charge is 0.119 e. The lowest BCUT2D eigenvalue weighted by atomic mass is 10.1. The van der Waals surface area contributed by atoms with Crippen LogP contribution in [0.5, 0.6) is 5.75 Å². The van der Waals surface area contributed by atoms with Crippen LogP contribution in [0.25, 0.3) is 0 Å². The molecule has 1 saturated heterocycles. The Hall–Kier alpha value is -2.04. The van der Waals surface area contributed by atoms with E-state index >= 15 is 0 Å². The number of hydrogen-bond donors (Lipinski definition) is 0. The molecule has 1 atom stereocenters. The SMILES string of the molecule is COc1ccc(N(Cc2ccccc2)CC(COCC(C)C)N2CCCC2)cc1. The molecule has 158 valence electrons. The van der Waals surface area contributed by atoms with Gasteiger partial charge in [-0.1, -0.05) is 44.2 Å². The molecule has 0 aromatic heterocycles. The highest BCUT2D eigenvalue weighted by Crippen LogP contribution is 2.23. The maximum atomic E-state index is 6.10. The summed E-state index contributed by atoms with van der Waals surface area (Å²) in [6.45, 7) is 10.2. The molecule has 0 radical (unpaired) electrons. The minimum Gasteiger partial charge on any atom is -0.497 e. The first kappa shape index (κ1) is 21.7. The molecule has 1 heterocycles. The summed E-state index contributed by atoms with van der Waals surface area (Å²) >= 11 is 0. The van der Waals surface area contributed by atoms with Crippen LogP contribution in [-0.4, -0.2) is 50.9 Å². The summed E-state index contributed by atoms with van der Waals surface area (Å²) in [6, 6.07) is 19.6. The maximum absolute atomic E-state index is 6.10. The Kier molecular flexibility index (Phi) is 8.38. The fraction of sp³-hybridized carbons (Fsp3) is 0.520. The van der Waals surface area contributed by atoms with Gasteiger partial charge in [-0.15, -0.1) is 0 Å². The van der Waals surface area contributed by atoms with E-state index in [1.54, 1.807) is 7.11 Å². The first-order valence-electron chi connectivity index (χ1n) is 10.9. The monoisotopic (exact) mass is 396 g/mol. The van der Waals surface area contributed by atoms with Gasteiger partial charge in [-0.25, -0.2) is 0 Å². The fourth-order valence-corrected chi connectivity index (χ4v) is 3.93. The third kappa shape index (κ3) is 6.76.